The first-order valence-corrected chi connectivity index (χ1v) is 11.5. The summed E-state index contributed by atoms with van der Waals surface area (Å²) in [5, 5.41) is 0.513. The van der Waals surface area contributed by atoms with E-state index in [0.29, 0.717) is 36.0 Å². The topological polar surface area (TPSA) is 75.7 Å². The lowest BCUT2D eigenvalue weighted by Gasteiger charge is -2.23. The monoisotopic (exact) mass is 458 g/mol. The van der Waals surface area contributed by atoms with Crippen molar-refractivity contribution in [1.82, 2.24) is 4.90 Å². The van der Waals surface area contributed by atoms with E-state index in [-0.39, 0.29) is 10.8 Å². The van der Waals surface area contributed by atoms with E-state index in [2.05, 4.69) is 4.72 Å². The number of nitrogens with zero attached hydrogens (tertiary/aromatic N) is 1. The first-order valence-electron chi connectivity index (χ1n) is 9.59. The predicted octanol–water partition coefficient (Wildman–Crippen LogP) is 4.43. The quantitative estimate of drug-likeness (QED) is 0.514. The van der Waals surface area contributed by atoms with E-state index >= 15 is 0 Å². The molecule has 1 amide bonds. The van der Waals surface area contributed by atoms with Crippen LogP contribution in [0.1, 0.15) is 15.9 Å². The first kappa shape index (κ1) is 22.8. The van der Waals surface area contributed by atoms with Crippen molar-refractivity contribution in [3.05, 3.63) is 95.0 Å². The Hall–Kier alpha value is -2.87. The molecule has 0 aliphatic rings. The molecule has 3 aromatic rings. The Morgan fingerprint density at radius 1 is 0.968 bits per heavy atom. The number of ether oxygens (including phenoxy) is 1. The van der Waals surface area contributed by atoms with Crippen LogP contribution in [0.4, 0.5) is 5.69 Å². The second-order valence-corrected chi connectivity index (χ2v) is 8.96. The van der Waals surface area contributed by atoms with Crippen molar-refractivity contribution in [2.45, 2.75) is 11.4 Å². The van der Waals surface area contributed by atoms with Gasteiger partial charge >= 0.3 is 0 Å². The minimum atomic E-state index is -3.79. The van der Waals surface area contributed by atoms with E-state index in [1.807, 2.05) is 30.3 Å². The number of benzene rings is 3. The highest BCUT2D eigenvalue weighted by atomic mass is 35.5. The number of carbonyl (C=O) groups is 1. The molecule has 0 heterocycles. The summed E-state index contributed by atoms with van der Waals surface area (Å²) in [4.78, 5) is 14.8. The Morgan fingerprint density at radius 3 is 2.23 bits per heavy atom. The van der Waals surface area contributed by atoms with Crippen LogP contribution < -0.4 is 4.72 Å². The normalized spacial score (nSPS) is 11.2. The molecule has 0 unspecified atom stereocenters. The van der Waals surface area contributed by atoms with Crippen molar-refractivity contribution >= 4 is 33.2 Å². The molecule has 162 valence electrons. The van der Waals surface area contributed by atoms with Gasteiger partial charge in [-0.2, -0.15) is 0 Å². The number of halogens is 1. The van der Waals surface area contributed by atoms with Crippen LogP contribution in [0, 0.1) is 0 Å². The van der Waals surface area contributed by atoms with Crippen LogP contribution in [0.25, 0.3) is 0 Å². The molecule has 6 nitrogen and oxygen atoms in total. The molecule has 0 spiro atoms. The summed E-state index contributed by atoms with van der Waals surface area (Å²) in [5.74, 6) is -0.199. The van der Waals surface area contributed by atoms with Gasteiger partial charge in [0.15, 0.2) is 0 Å². The summed E-state index contributed by atoms with van der Waals surface area (Å²) in [7, 11) is -2.21. The molecule has 0 saturated heterocycles. The Morgan fingerprint density at radius 2 is 1.61 bits per heavy atom. The molecule has 0 radical (unpaired) electrons. The van der Waals surface area contributed by atoms with Gasteiger partial charge in [0.05, 0.1) is 11.5 Å². The standard InChI is InChI=1S/C23H23ClN2O4S/c1-30-16-15-26(17-18-5-3-2-4-6-18)23(27)19-7-13-22(14-8-19)31(28,29)25-21-11-9-20(24)10-12-21/h2-14,25H,15-17H2,1H3. The van der Waals surface area contributed by atoms with Gasteiger partial charge < -0.3 is 9.64 Å². The van der Waals surface area contributed by atoms with Gasteiger partial charge in [-0.1, -0.05) is 41.9 Å². The summed E-state index contributed by atoms with van der Waals surface area (Å²) in [5.41, 5.74) is 1.80. The van der Waals surface area contributed by atoms with Crippen molar-refractivity contribution in [1.29, 1.82) is 0 Å². The van der Waals surface area contributed by atoms with Crippen molar-refractivity contribution in [3.8, 4) is 0 Å². The van der Waals surface area contributed by atoms with Gasteiger partial charge in [-0.05, 0) is 54.1 Å². The number of hydrogen-bond donors (Lipinski definition) is 1. The van der Waals surface area contributed by atoms with Crippen LogP contribution in [0.2, 0.25) is 5.02 Å². The molecule has 0 aliphatic heterocycles. The maximum atomic E-state index is 13.0. The van der Waals surface area contributed by atoms with Crippen LogP contribution in [0.5, 0.6) is 0 Å². The van der Waals surface area contributed by atoms with Crippen LogP contribution in [0.15, 0.2) is 83.8 Å². The smallest absolute Gasteiger partial charge is 0.261 e. The summed E-state index contributed by atoms with van der Waals surface area (Å²) in [6.45, 7) is 1.25. The van der Waals surface area contributed by atoms with Crippen molar-refractivity contribution in [2.24, 2.45) is 0 Å². The fraction of sp³-hybridized carbons (Fsp3) is 0.174. The van der Waals surface area contributed by atoms with E-state index < -0.39 is 10.0 Å². The van der Waals surface area contributed by atoms with E-state index in [9.17, 15) is 13.2 Å². The second kappa shape index (κ2) is 10.4. The number of anilines is 1. The Kier molecular flexibility index (Phi) is 7.68. The highest BCUT2D eigenvalue weighted by Gasteiger charge is 2.19. The maximum absolute atomic E-state index is 13.0. The van der Waals surface area contributed by atoms with Gasteiger partial charge in [0.2, 0.25) is 0 Å². The van der Waals surface area contributed by atoms with E-state index in [1.54, 1.807) is 36.3 Å². The minimum absolute atomic E-state index is 0.0606. The molecular weight excluding hydrogens is 436 g/mol. The number of hydrogen-bond acceptors (Lipinski definition) is 4. The van der Waals surface area contributed by atoms with Gasteiger partial charge in [-0.25, -0.2) is 8.42 Å². The molecule has 0 aliphatic carbocycles. The molecule has 31 heavy (non-hydrogen) atoms. The molecular formula is C23H23ClN2O4S. The summed E-state index contributed by atoms with van der Waals surface area (Å²) in [6.07, 6.45) is 0. The molecule has 0 aromatic heterocycles. The van der Waals surface area contributed by atoms with E-state index in [4.69, 9.17) is 16.3 Å². The number of methoxy groups -OCH3 is 1. The first-order chi connectivity index (χ1) is 14.9. The van der Waals surface area contributed by atoms with Gasteiger partial charge in [-0.15, -0.1) is 0 Å². The number of nitrogens with one attached hydrogen (secondary N) is 1. The van der Waals surface area contributed by atoms with Gasteiger partial charge in [0, 0.05) is 36.5 Å². The molecule has 3 aromatic carbocycles. The molecule has 0 atom stereocenters. The Balaban J connectivity index is 1.76. The van der Waals surface area contributed by atoms with Crippen LogP contribution in [0.3, 0.4) is 0 Å². The molecule has 1 N–H and O–H groups in total. The highest BCUT2D eigenvalue weighted by Crippen LogP contribution is 2.19. The lowest BCUT2D eigenvalue weighted by atomic mass is 10.1. The van der Waals surface area contributed by atoms with Crippen LogP contribution in [-0.4, -0.2) is 39.5 Å². The third-order valence-corrected chi connectivity index (χ3v) is 6.23. The SMILES string of the molecule is COCCN(Cc1ccccc1)C(=O)c1ccc(S(=O)(=O)Nc2ccc(Cl)cc2)cc1. The average molecular weight is 459 g/mol. The van der Waals surface area contributed by atoms with Crippen LogP contribution >= 0.6 is 11.6 Å². The summed E-state index contributed by atoms with van der Waals surface area (Å²) >= 11 is 5.83. The number of sulfonamides is 1. The molecule has 0 bridgehead atoms. The van der Waals surface area contributed by atoms with Crippen LogP contribution in [-0.2, 0) is 21.3 Å². The zero-order chi connectivity index (χ0) is 22.3. The fourth-order valence-electron chi connectivity index (χ4n) is 2.95. The van der Waals surface area contributed by atoms with Gasteiger partial charge in [0.25, 0.3) is 15.9 Å². The number of carbonyl (C=O) groups excluding carboxylic acids is 1. The Bertz CT molecular complexity index is 1100. The molecule has 8 heteroatoms. The molecule has 0 fully saturated rings. The summed E-state index contributed by atoms with van der Waals surface area (Å²) < 4.78 is 32.9. The molecule has 0 saturated carbocycles. The van der Waals surface area contributed by atoms with Gasteiger partial charge in [-0.3, -0.25) is 9.52 Å². The lowest BCUT2D eigenvalue weighted by Crippen LogP contribution is -2.33. The zero-order valence-corrected chi connectivity index (χ0v) is 18.6. The largest absolute Gasteiger partial charge is 0.383 e. The maximum Gasteiger partial charge on any atom is 0.261 e. The zero-order valence-electron chi connectivity index (χ0n) is 17.0. The Labute approximate surface area is 187 Å². The predicted molar refractivity (Wildman–Crippen MR) is 122 cm³/mol. The number of rotatable bonds is 9. The summed E-state index contributed by atoms with van der Waals surface area (Å²) in [6, 6.07) is 21.9. The molecule has 3 rings (SSSR count). The number of amides is 1. The third-order valence-electron chi connectivity index (χ3n) is 4.58. The third kappa shape index (κ3) is 6.30. The van der Waals surface area contributed by atoms with E-state index in [1.165, 1.54) is 24.3 Å². The minimum Gasteiger partial charge on any atom is -0.383 e. The lowest BCUT2D eigenvalue weighted by molar-refractivity contribution is 0.0680. The average Bonchev–Trinajstić information content (AvgIpc) is 2.78. The highest BCUT2D eigenvalue weighted by molar-refractivity contribution is 7.92. The second-order valence-electron chi connectivity index (χ2n) is 6.84. The van der Waals surface area contributed by atoms with Crippen molar-refractivity contribution in [2.75, 3.05) is 25.0 Å². The van der Waals surface area contributed by atoms with Crippen molar-refractivity contribution < 1.29 is 17.9 Å². The van der Waals surface area contributed by atoms with E-state index in [0.717, 1.165) is 5.56 Å². The van der Waals surface area contributed by atoms with Crippen molar-refractivity contribution in [3.63, 3.8) is 0 Å². The fourth-order valence-corrected chi connectivity index (χ4v) is 4.13. The van der Waals surface area contributed by atoms with Gasteiger partial charge in [0.1, 0.15) is 0 Å².